The Balaban J connectivity index is 1.53. The van der Waals surface area contributed by atoms with Crippen LogP contribution in [0.2, 0.25) is 0 Å². The number of hydrogen-bond donors (Lipinski definition) is 1. The number of likely N-dealkylation sites (N-methyl/N-ethyl adjacent to an activating group) is 1. The second kappa shape index (κ2) is 9.17. The van der Waals surface area contributed by atoms with Gasteiger partial charge >= 0.3 is 0 Å². The number of aryl methyl sites for hydroxylation is 1. The van der Waals surface area contributed by atoms with Gasteiger partial charge in [0.1, 0.15) is 16.2 Å². The number of nitrogens with zero attached hydrogens (tertiary/aromatic N) is 2. The molecule has 1 aromatic carbocycles. The molecule has 1 atom stereocenters. The molecule has 1 aromatic heterocycles. The maximum atomic E-state index is 13.2. The lowest BCUT2D eigenvalue weighted by Gasteiger charge is -2.31. The van der Waals surface area contributed by atoms with Crippen molar-refractivity contribution in [1.29, 1.82) is 0 Å². The summed E-state index contributed by atoms with van der Waals surface area (Å²) in [6.07, 6.45) is 4.13. The number of nitrogens with one attached hydrogen (secondary N) is 1. The van der Waals surface area contributed by atoms with E-state index < -0.39 is 6.04 Å². The van der Waals surface area contributed by atoms with Crippen LogP contribution in [-0.2, 0) is 4.79 Å². The number of halogens is 1. The van der Waals surface area contributed by atoms with Gasteiger partial charge < -0.3 is 5.32 Å². The fourth-order valence-electron chi connectivity index (χ4n) is 3.46. The van der Waals surface area contributed by atoms with Gasteiger partial charge in [0.05, 0.1) is 0 Å². The predicted octanol–water partition coefficient (Wildman–Crippen LogP) is 4.41. The summed E-state index contributed by atoms with van der Waals surface area (Å²) >= 11 is 3.58. The zero-order chi connectivity index (χ0) is 19.4. The van der Waals surface area contributed by atoms with Gasteiger partial charge in [-0.15, -0.1) is 11.3 Å². The highest BCUT2D eigenvalue weighted by Crippen LogP contribution is 2.35. The van der Waals surface area contributed by atoms with Gasteiger partial charge in [0.15, 0.2) is 0 Å². The molecule has 1 fully saturated rings. The molecule has 1 N–H and O–H groups in total. The second-order valence-electron chi connectivity index (χ2n) is 7.27. The molecule has 0 saturated heterocycles. The van der Waals surface area contributed by atoms with Crippen molar-refractivity contribution in [3.05, 3.63) is 46.7 Å². The SMILES string of the molecule is Cc1csc(SC2CCC(NC(=O)C(c3ccc(F)cc3)N(C)C)CC2)n1. The van der Waals surface area contributed by atoms with E-state index in [2.05, 4.69) is 15.7 Å². The molecule has 0 aliphatic heterocycles. The average Bonchev–Trinajstić information content (AvgIpc) is 3.03. The molecule has 1 amide bonds. The summed E-state index contributed by atoms with van der Waals surface area (Å²) in [6.45, 7) is 2.02. The number of hydrogen-bond acceptors (Lipinski definition) is 5. The fourth-order valence-corrected chi connectivity index (χ4v) is 5.75. The van der Waals surface area contributed by atoms with Crippen LogP contribution in [0.25, 0.3) is 0 Å². The van der Waals surface area contributed by atoms with Crippen molar-refractivity contribution in [2.24, 2.45) is 0 Å². The van der Waals surface area contributed by atoms with Crippen molar-refractivity contribution < 1.29 is 9.18 Å². The quantitative estimate of drug-likeness (QED) is 0.770. The van der Waals surface area contributed by atoms with Gasteiger partial charge in [0.2, 0.25) is 5.91 Å². The summed E-state index contributed by atoms with van der Waals surface area (Å²) in [4.78, 5) is 19.3. The van der Waals surface area contributed by atoms with Gasteiger partial charge in [-0.1, -0.05) is 23.9 Å². The first kappa shape index (κ1) is 20.3. The largest absolute Gasteiger partial charge is 0.352 e. The molecule has 1 heterocycles. The molecule has 0 spiro atoms. The molecule has 0 radical (unpaired) electrons. The molecule has 0 bridgehead atoms. The molecule has 7 heteroatoms. The first-order chi connectivity index (χ1) is 12.9. The predicted molar refractivity (Wildman–Crippen MR) is 110 cm³/mol. The van der Waals surface area contributed by atoms with Crippen LogP contribution in [0.15, 0.2) is 34.0 Å². The molecule has 1 aliphatic rings. The average molecular weight is 408 g/mol. The number of amides is 1. The van der Waals surface area contributed by atoms with Crippen LogP contribution < -0.4 is 5.32 Å². The molecule has 1 aliphatic carbocycles. The van der Waals surface area contributed by atoms with Crippen LogP contribution >= 0.6 is 23.1 Å². The Hall–Kier alpha value is -1.44. The van der Waals surface area contributed by atoms with E-state index in [0.717, 1.165) is 41.3 Å². The third-order valence-corrected chi connectivity index (χ3v) is 7.26. The smallest absolute Gasteiger partial charge is 0.242 e. The Morgan fingerprint density at radius 1 is 1.26 bits per heavy atom. The number of benzene rings is 1. The van der Waals surface area contributed by atoms with E-state index >= 15 is 0 Å². The van der Waals surface area contributed by atoms with Crippen molar-refractivity contribution in [3.8, 4) is 0 Å². The van der Waals surface area contributed by atoms with Crippen molar-refractivity contribution in [3.63, 3.8) is 0 Å². The zero-order valence-corrected chi connectivity index (χ0v) is 17.6. The van der Waals surface area contributed by atoms with Crippen molar-refractivity contribution in [2.45, 2.75) is 54.3 Å². The summed E-state index contributed by atoms with van der Waals surface area (Å²) in [5.41, 5.74) is 1.89. The number of thiazole rings is 1. The molecule has 1 saturated carbocycles. The summed E-state index contributed by atoms with van der Waals surface area (Å²) in [7, 11) is 3.74. The van der Waals surface area contributed by atoms with E-state index in [-0.39, 0.29) is 17.8 Å². The van der Waals surface area contributed by atoms with E-state index in [0.29, 0.717) is 5.25 Å². The third kappa shape index (κ3) is 5.53. The van der Waals surface area contributed by atoms with Crippen LogP contribution in [0.3, 0.4) is 0 Å². The molecule has 3 rings (SSSR count). The van der Waals surface area contributed by atoms with Crippen LogP contribution in [0.5, 0.6) is 0 Å². The highest BCUT2D eigenvalue weighted by Gasteiger charge is 2.28. The molecular formula is C20H26FN3OS2. The van der Waals surface area contributed by atoms with E-state index in [1.165, 1.54) is 12.1 Å². The number of carbonyl (C=O) groups excluding carboxylic acids is 1. The lowest BCUT2D eigenvalue weighted by atomic mass is 9.94. The van der Waals surface area contributed by atoms with Crippen LogP contribution in [0.1, 0.15) is 43.0 Å². The van der Waals surface area contributed by atoms with E-state index in [9.17, 15) is 9.18 Å². The van der Waals surface area contributed by atoms with Crippen molar-refractivity contribution >= 4 is 29.0 Å². The van der Waals surface area contributed by atoms with Crippen molar-refractivity contribution in [1.82, 2.24) is 15.2 Å². The fraction of sp³-hybridized carbons (Fsp3) is 0.500. The minimum atomic E-state index is -0.406. The summed E-state index contributed by atoms with van der Waals surface area (Å²) in [5.74, 6) is -0.304. The van der Waals surface area contributed by atoms with Crippen LogP contribution in [0.4, 0.5) is 4.39 Å². The molecule has 4 nitrogen and oxygen atoms in total. The lowest BCUT2D eigenvalue weighted by molar-refractivity contribution is -0.126. The Kier molecular flexibility index (Phi) is 6.89. The maximum absolute atomic E-state index is 13.2. The summed E-state index contributed by atoms with van der Waals surface area (Å²) in [6, 6.07) is 5.97. The van der Waals surface area contributed by atoms with Gasteiger partial charge in [0, 0.05) is 22.4 Å². The van der Waals surface area contributed by atoms with Crippen LogP contribution in [-0.4, -0.2) is 41.2 Å². The van der Waals surface area contributed by atoms with E-state index in [1.807, 2.05) is 37.7 Å². The number of rotatable bonds is 6. The van der Waals surface area contributed by atoms with Crippen LogP contribution in [0, 0.1) is 12.7 Å². The normalized spacial score (nSPS) is 21.2. The second-order valence-corrected chi connectivity index (χ2v) is 9.68. The Morgan fingerprint density at radius 3 is 2.48 bits per heavy atom. The van der Waals surface area contributed by atoms with Gasteiger partial charge in [-0.2, -0.15) is 0 Å². The number of carbonyl (C=O) groups is 1. The Labute approximate surface area is 168 Å². The molecule has 1 unspecified atom stereocenters. The van der Waals surface area contributed by atoms with Gasteiger partial charge in [-0.05, 0) is 64.4 Å². The number of thioether (sulfide) groups is 1. The third-order valence-electron chi connectivity index (χ3n) is 4.84. The minimum Gasteiger partial charge on any atom is -0.352 e. The highest BCUT2D eigenvalue weighted by atomic mass is 32.2. The maximum Gasteiger partial charge on any atom is 0.242 e. The van der Waals surface area contributed by atoms with E-state index in [1.54, 1.807) is 23.5 Å². The first-order valence-corrected chi connectivity index (χ1v) is 11.0. The van der Waals surface area contributed by atoms with Gasteiger partial charge in [0.25, 0.3) is 0 Å². The monoisotopic (exact) mass is 407 g/mol. The van der Waals surface area contributed by atoms with E-state index in [4.69, 9.17) is 0 Å². The first-order valence-electron chi connectivity index (χ1n) is 9.23. The molecule has 146 valence electrons. The Bertz CT molecular complexity index is 755. The minimum absolute atomic E-state index is 0.0155. The summed E-state index contributed by atoms with van der Waals surface area (Å²) in [5, 5.41) is 5.87. The molecular weight excluding hydrogens is 381 g/mol. The number of aromatic nitrogens is 1. The van der Waals surface area contributed by atoms with Crippen molar-refractivity contribution in [2.75, 3.05) is 14.1 Å². The molecule has 2 aromatic rings. The lowest BCUT2D eigenvalue weighted by Crippen LogP contribution is -2.44. The van der Waals surface area contributed by atoms with Gasteiger partial charge in [-0.3, -0.25) is 9.69 Å². The Morgan fingerprint density at radius 2 is 1.93 bits per heavy atom. The summed E-state index contributed by atoms with van der Waals surface area (Å²) < 4.78 is 14.3. The zero-order valence-electron chi connectivity index (χ0n) is 15.9. The highest BCUT2D eigenvalue weighted by molar-refractivity contribution is 8.01. The topological polar surface area (TPSA) is 45.2 Å². The molecule has 27 heavy (non-hydrogen) atoms. The van der Waals surface area contributed by atoms with Gasteiger partial charge in [-0.25, -0.2) is 9.37 Å². The standard InChI is InChI=1S/C20H26FN3OS2/c1-13-12-26-20(22-13)27-17-10-8-16(9-11-17)23-19(25)18(24(2)3)14-4-6-15(21)7-5-14/h4-7,12,16-18H,8-11H2,1-3H3,(H,23,25).